The quantitative estimate of drug-likeness (QED) is 0.322. The first kappa shape index (κ1) is 23.7. The summed E-state index contributed by atoms with van der Waals surface area (Å²) in [6, 6.07) is 0. The van der Waals surface area contributed by atoms with E-state index < -0.39 is 0 Å². The third-order valence-corrected chi connectivity index (χ3v) is 13.3. The normalized spacial score (nSPS) is 56.8. The van der Waals surface area contributed by atoms with Crippen molar-refractivity contribution in [3.8, 4) is 0 Å². The summed E-state index contributed by atoms with van der Waals surface area (Å²) >= 11 is 7.42. The van der Waals surface area contributed by atoms with Crippen molar-refractivity contribution >= 4 is 11.6 Å². The molecule has 0 bridgehead atoms. The van der Waals surface area contributed by atoms with Crippen LogP contribution in [0.3, 0.4) is 0 Å². The predicted molar refractivity (Wildman–Crippen MR) is 133 cm³/mol. The summed E-state index contributed by atoms with van der Waals surface area (Å²) in [7, 11) is 0. The SMILES string of the molecule is CC1(C)CC[C@]2(Cl)CC[C@]3(C)C(=CC[C@@H]4[C@@]5(C)CC[C@H](O)[C@@](C)(CO)[C@H]5CC[C@]43C)[C@H]2C1. The van der Waals surface area contributed by atoms with E-state index in [-0.39, 0.29) is 39.2 Å². The van der Waals surface area contributed by atoms with Crippen LogP contribution < -0.4 is 0 Å². The Hall–Kier alpha value is -0.0500. The number of rotatable bonds is 1. The average Bonchev–Trinajstić information content (AvgIpc) is 2.73. The Morgan fingerprint density at radius 2 is 1.59 bits per heavy atom. The lowest BCUT2D eigenvalue weighted by molar-refractivity contribution is -0.212. The third-order valence-electron chi connectivity index (χ3n) is 12.7. The average molecular weight is 463 g/mol. The molecule has 0 amide bonds. The highest BCUT2D eigenvalue weighted by Gasteiger charge is 2.68. The summed E-state index contributed by atoms with van der Waals surface area (Å²) in [5, 5.41) is 21.3. The van der Waals surface area contributed by atoms with Gasteiger partial charge in [-0.05, 0) is 97.7 Å². The number of allylic oxidation sites excluding steroid dienone is 2. The monoisotopic (exact) mass is 462 g/mol. The Labute approximate surface area is 201 Å². The number of hydrogen-bond donors (Lipinski definition) is 2. The zero-order valence-electron chi connectivity index (χ0n) is 21.4. The van der Waals surface area contributed by atoms with Crippen LogP contribution in [0.25, 0.3) is 0 Å². The lowest BCUT2D eigenvalue weighted by Crippen LogP contribution is -2.65. The molecule has 5 rings (SSSR count). The van der Waals surface area contributed by atoms with Crippen molar-refractivity contribution in [2.45, 2.75) is 117 Å². The molecular formula is C29H47ClO2. The molecule has 4 saturated carbocycles. The molecule has 4 fully saturated rings. The maximum atomic E-state index is 10.9. The first-order valence-corrected chi connectivity index (χ1v) is 13.8. The van der Waals surface area contributed by atoms with Crippen molar-refractivity contribution in [3.05, 3.63) is 11.6 Å². The molecule has 0 radical (unpaired) electrons. The van der Waals surface area contributed by atoms with E-state index in [1.54, 1.807) is 5.57 Å². The molecule has 5 aliphatic rings. The molecule has 0 heterocycles. The zero-order valence-corrected chi connectivity index (χ0v) is 22.2. The van der Waals surface area contributed by atoms with E-state index in [0.717, 1.165) is 38.5 Å². The fourth-order valence-electron chi connectivity index (χ4n) is 10.2. The van der Waals surface area contributed by atoms with Crippen LogP contribution in [-0.2, 0) is 0 Å². The Balaban J connectivity index is 1.57. The summed E-state index contributed by atoms with van der Waals surface area (Å²) < 4.78 is 0. The number of aliphatic hydroxyl groups is 2. The molecular weight excluding hydrogens is 416 g/mol. The minimum atomic E-state index is -0.378. The fraction of sp³-hybridized carbons (Fsp3) is 0.931. The first-order chi connectivity index (χ1) is 14.8. The number of alkyl halides is 1. The molecule has 2 nitrogen and oxygen atoms in total. The van der Waals surface area contributed by atoms with Gasteiger partial charge in [-0.2, -0.15) is 0 Å². The predicted octanol–water partition coefficient (Wildman–Crippen LogP) is 7.11. The van der Waals surface area contributed by atoms with Crippen molar-refractivity contribution < 1.29 is 10.2 Å². The van der Waals surface area contributed by atoms with Crippen LogP contribution in [-0.4, -0.2) is 27.8 Å². The maximum absolute atomic E-state index is 10.9. The van der Waals surface area contributed by atoms with E-state index in [2.05, 4.69) is 47.6 Å². The highest BCUT2D eigenvalue weighted by molar-refractivity contribution is 6.24. The molecule has 9 atom stereocenters. The van der Waals surface area contributed by atoms with Crippen LogP contribution in [0.2, 0.25) is 0 Å². The number of hydrogen-bond acceptors (Lipinski definition) is 2. The minimum Gasteiger partial charge on any atom is -0.396 e. The van der Waals surface area contributed by atoms with Crippen molar-refractivity contribution in [1.29, 1.82) is 0 Å². The third kappa shape index (κ3) is 2.84. The maximum Gasteiger partial charge on any atom is 0.0618 e. The zero-order chi connectivity index (χ0) is 23.4. The lowest BCUT2D eigenvalue weighted by Gasteiger charge is -2.71. The van der Waals surface area contributed by atoms with Crippen LogP contribution in [0.4, 0.5) is 0 Å². The van der Waals surface area contributed by atoms with Crippen LogP contribution in [0.15, 0.2) is 11.6 Å². The van der Waals surface area contributed by atoms with E-state index in [0.29, 0.717) is 23.2 Å². The van der Waals surface area contributed by atoms with E-state index in [9.17, 15) is 10.2 Å². The van der Waals surface area contributed by atoms with Gasteiger partial charge in [0, 0.05) is 11.3 Å². The van der Waals surface area contributed by atoms with E-state index in [1.165, 1.54) is 25.7 Å². The number of halogens is 1. The summed E-state index contributed by atoms with van der Waals surface area (Å²) in [5.74, 6) is 1.52. The molecule has 0 unspecified atom stereocenters. The van der Waals surface area contributed by atoms with Gasteiger partial charge in [-0.1, -0.05) is 53.2 Å². The molecule has 5 aliphatic carbocycles. The second-order valence-electron chi connectivity index (χ2n) is 14.5. The lowest BCUT2D eigenvalue weighted by atomic mass is 9.34. The smallest absolute Gasteiger partial charge is 0.0618 e. The van der Waals surface area contributed by atoms with E-state index >= 15 is 0 Å². The Kier molecular flexibility index (Phi) is 5.18. The molecule has 0 aromatic heterocycles. The first-order valence-electron chi connectivity index (χ1n) is 13.4. The van der Waals surface area contributed by atoms with Gasteiger partial charge in [0.15, 0.2) is 0 Å². The van der Waals surface area contributed by atoms with Gasteiger partial charge in [-0.15, -0.1) is 11.6 Å². The molecule has 0 spiro atoms. The van der Waals surface area contributed by atoms with Crippen LogP contribution in [0.1, 0.15) is 106 Å². The van der Waals surface area contributed by atoms with E-state index in [1.807, 2.05) is 0 Å². The second-order valence-corrected chi connectivity index (χ2v) is 15.2. The number of fused-ring (bicyclic) bond motifs is 7. The number of aliphatic hydroxyl groups excluding tert-OH is 2. The van der Waals surface area contributed by atoms with Crippen LogP contribution in [0.5, 0.6) is 0 Å². The molecule has 0 aromatic carbocycles. The highest BCUT2D eigenvalue weighted by Crippen LogP contribution is 2.75. The van der Waals surface area contributed by atoms with E-state index in [4.69, 9.17) is 11.6 Å². The summed E-state index contributed by atoms with van der Waals surface area (Å²) in [4.78, 5) is -0.0322. The Morgan fingerprint density at radius 1 is 0.906 bits per heavy atom. The minimum absolute atomic E-state index is 0.0322. The van der Waals surface area contributed by atoms with Gasteiger partial charge in [0.1, 0.15) is 0 Å². The molecule has 0 saturated heterocycles. The van der Waals surface area contributed by atoms with Gasteiger partial charge in [-0.25, -0.2) is 0 Å². The largest absolute Gasteiger partial charge is 0.396 e. The van der Waals surface area contributed by atoms with Gasteiger partial charge >= 0.3 is 0 Å². The summed E-state index contributed by atoms with van der Waals surface area (Å²) in [6.07, 6.45) is 13.7. The van der Waals surface area contributed by atoms with Gasteiger partial charge < -0.3 is 10.2 Å². The van der Waals surface area contributed by atoms with Crippen molar-refractivity contribution in [3.63, 3.8) is 0 Å². The molecule has 32 heavy (non-hydrogen) atoms. The highest BCUT2D eigenvalue weighted by atomic mass is 35.5. The molecule has 3 heteroatoms. The molecule has 182 valence electrons. The molecule has 0 aromatic rings. The van der Waals surface area contributed by atoms with Crippen LogP contribution in [0, 0.1) is 44.8 Å². The van der Waals surface area contributed by atoms with Crippen molar-refractivity contribution in [2.75, 3.05) is 6.61 Å². The topological polar surface area (TPSA) is 40.5 Å². The van der Waals surface area contributed by atoms with Crippen molar-refractivity contribution in [2.24, 2.45) is 44.8 Å². The van der Waals surface area contributed by atoms with Gasteiger partial charge in [0.05, 0.1) is 17.6 Å². The molecule has 2 N–H and O–H groups in total. The fourth-order valence-corrected chi connectivity index (χ4v) is 10.6. The summed E-state index contributed by atoms with van der Waals surface area (Å²) in [6.45, 7) is 14.9. The van der Waals surface area contributed by atoms with Crippen LogP contribution >= 0.6 is 11.6 Å². The van der Waals surface area contributed by atoms with Crippen molar-refractivity contribution in [1.82, 2.24) is 0 Å². The second kappa shape index (κ2) is 7.01. The Morgan fingerprint density at radius 3 is 2.28 bits per heavy atom. The van der Waals surface area contributed by atoms with Gasteiger partial charge in [0.2, 0.25) is 0 Å². The van der Waals surface area contributed by atoms with Gasteiger partial charge in [-0.3, -0.25) is 0 Å². The molecule has 0 aliphatic heterocycles. The standard InChI is InChI=1S/C29H47ClO2/c1-24(2)13-15-29(30)16-14-27(5)19(20(29)17-24)7-8-22-25(3)11-10-23(32)26(4,18-31)21(25)9-12-28(22,27)6/h7,20-23,31-32H,8-18H2,1-6H3/t20-,21+,22-,23+,25+,26+,27-,28-,29+/m1/s1. The summed E-state index contributed by atoms with van der Waals surface area (Å²) in [5.41, 5.74) is 2.37. The Bertz CT molecular complexity index is 820. The van der Waals surface area contributed by atoms with Gasteiger partial charge in [0.25, 0.3) is 0 Å².